The van der Waals surface area contributed by atoms with E-state index >= 15 is 0 Å². The smallest absolute Gasteiger partial charge is 0.184 e. The minimum absolute atomic E-state index is 0.418. The molecule has 0 aliphatic carbocycles. The summed E-state index contributed by atoms with van der Waals surface area (Å²) in [5.41, 5.74) is 0. The Morgan fingerprint density at radius 2 is 1.92 bits per heavy atom. The van der Waals surface area contributed by atoms with Crippen LogP contribution in [0.1, 0.15) is 18.7 Å². The first-order valence-electron chi connectivity index (χ1n) is 3.93. The molecule has 1 aromatic rings. The largest absolute Gasteiger partial charge is 0.223 e. The summed E-state index contributed by atoms with van der Waals surface area (Å²) in [5.74, 6) is 0.597. The predicted molar refractivity (Wildman–Crippen MR) is 61.5 cm³/mol. The van der Waals surface area contributed by atoms with Crippen molar-refractivity contribution in [2.45, 2.75) is 23.8 Å². The molecule has 0 bridgehead atoms. The van der Waals surface area contributed by atoms with Crippen LogP contribution in [0.15, 0.2) is 16.3 Å². The molecule has 0 aromatic carbocycles. The van der Waals surface area contributed by atoms with E-state index < -0.39 is 9.84 Å². The summed E-state index contributed by atoms with van der Waals surface area (Å²) in [6, 6.07) is 3.40. The topological polar surface area (TPSA) is 34.1 Å². The van der Waals surface area contributed by atoms with Crippen LogP contribution in [-0.4, -0.2) is 14.7 Å². The highest BCUT2D eigenvalue weighted by Gasteiger charge is 2.08. The second kappa shape index (κ2) is 5.67. The first-order chi connectivity index (χ1) is 6.04. The number of thiophene rings is 1. The molecule has 1 heterocycles. The molecule has 5 heteroatoms. The molecular formula is C8H14O2S3. The lowest BCUT2D eigenvalue weighted by Crippen LogP contribution is -1.91. The molecule has 0 fully saturated rings. The van der Waals surface area contributed by atoms with Crippen LogP contribution in [-0.2, 0) is 15.6 Å². The summed E-state index contributed by atoms with van der Waals surface area (Å²) >= 11 is 5.31. The maximum Gasteiger partial charge on any atom is 0.184 e. The van der Waals surface area contributed by atoms with Crippen molar-refractivity contribution in [3.8, 4) is 0 Å². The number of hydrogen-bond donors (Lipinski definition) is 1. The van der Waals surface area contributed by atoms with Gasteiger partial charge < -0.3 is 0 Å². The van der Waals surface area contributed by atoms with Crippen LogP contribution in [0.4, 0.5) is 0 Å². The van der Waals surface area contributed by atoms with Crippen LogP contribution in [0, 0.1) is 0 Å². The normalized spacial score (nSPS) is 10.5. The van der Waals surface area contributed by atoms with Crippen molar-refractivity contribution in [2.75, 3.05) is 6.26 Å². The van der Waals surface area contributed by atoms with E-state index in [1.54, 1.807) is 12.1 Å². The number of sulfone groups is 1. The van der Waals surface area contributed by atoms with Gasteiger partial charge in [0.05, 0.1) is 0 Å². The van der Waals surface area contributed by atoms with Crippen molar-refractivity contribution in [3.63, 3.8) is 0 Å². The molecule has 1 aromatic heterocycles. The molecule has 0 radical (unpaired) electrons. The lowest BCUT2D eigenvalue weighted by Gasteiger charge is -1.88. The lowest BCUT2D eigenvalue weighted by molar-refractivity contribution is 0.604. The second-order valence-electron chi connectivity index (χ2n) is 2.15. The maximum absolute atomic E-state index is 10.9. The van der Waals surface area contributed by atoms with Gasteiger partial charge in [-0.3, -0.25) is 0 Å². The molecular weight excluding hydrogens is 224 g/mol. The highest BCUT2D eigenvalue weighted by atomic mass is 32.2. The third-order valence-electron chi connectivity index (χ3n) is 1.16. The fourth-order valence-electron chi connectivity index (χ4n) is 0.642. The average molecular weight is 238 g/mol. The van der Waals surface area contributed by atoms with Crippen molar-refractivity contribution in [1.29, 1.82) is 0 Å². The van der Waals surface area contributed by atoms with E-state index in [0.717, 1.165) is 4.88 Å². The van der Waals surface area contributed by atoms with Gasteiger partial charge in [-0.15, -0.1) is 11.3 Å². The quantitative estimate of drug-likeness (QED) is 0.804. The van der Waals surface area contributed by atoms with Crippen molar-refractivity contribution < 1.29 is 8.42 Å². The Hall–Kier alpha value is -0.0000000000000000833. The molecule has 0 amide bonds. The van der Waals surface area contributed by atoms with Crippen LogP contribution in [0.3, 0.4) is 0 Å². The van der Waals surface area contributed by atoms with E-state index in [-0.39, 0.29) is 0 Å². The Bertz CT molecular complexity index is 338. The first kappa shape index (κ1) is 13.0. The zero-order valence-corrected chi connectivity index (χ0v) is 10.5. The molecule has 0 saturated carbocycles. The summed E-state index contributed by atoms with van der Waals surface area (Å²) in [6.45, 7) is 4.00. The van der Waals surface area contributed by atoms with Gasteiger partial charge >= 0.3 is 0 Å². The van der Waals surface area contributed by atoms with Gasteiger partial charge in [0.15, 0.2) is 9.84 Å². The molecule has 0 aliphatic heterocycles. The minimum Gasteiger partial charge on any atom is -0.223 e. The molecule has 13 heavy (non-hydrogen) atoms. The van der Waals surface area contributed by atoms with Gasteiger partial charge in [0, 0.05) is 16.9 Å². The molecule has 76 valence electrons. The Balaban J connectivity index is 0.000000671. The highest BCUT2D eigenvalue weighted by molar-refractivity contribution is 7.92. The average Bonchev–Trinajstić information content (AvgIpc) is 2.54. The van der Waals surface area contributed by atoms with Gasteiger partial charge in [-0.05, 0) is 12.1 Å². The molecule has 0 spiro atoms. The van der Waals surface area contributed by atoms with Crippen molar-refractivity contribution in [1.82, 2.24) is 0 Å². The Kier molecular flexibility index (Phi) is 5.67. The summed E-state index contributed by atoms with van der Waals surface area (Å²) in [7, 11) is -3.01. The number of hydrogen-bond acceptors (Lipinski definition) is 4. The zero-order valence-electron chi connectivity index (χ0n) is 7.94. The Labute approximate surface area is 89.3 Å². The van der Waals surface area contributed by atoms with E-state index in [1.165, 1.54) is 17.6 Å². The zero-order chi connectivity index (χ0) is 10.5. The van der Waals surface area contributed by atoms with Crippen LogP contribution >= 0.6 is 24.0 Å². The highest BCUT2D eigenvalue weighted by Crippen LogP contribution is 2.22. The third-order valence-corrected chi connectivity index (χ3v) is 4.62. The summed E-state index contributed by atoms with van der Waals surface area (Å²) in [6.07, 6.45) is 1.21. The van der Waals surface area contributed by atoms with Crippen LogP contribution < -0.4 is 0 Å². The monoisotopic (exact) mass is 238 g/mol. The Morgan fingerprint density at radius 1 is 1.38 bits per heavy atom. The van der Waals surface area contributed by atoms with Crippen molar-refractivity contribution in [2.24, 2.45) is 0 Å². The molecule has 0 N–H and O–H groups in total. The van der Waals surface area contributed by atoms with Crippen molar-refractivity contribution >= 4 is 33.8 Å². The Morgan fingerprint density at radius 3 is 2.15 bits per heavy atom. The number of thiol groups is 1. The van der Waals surface area contributed by atoms with E-state index in [2.05, 4.69) is 12.6 Å². The van der Waals surface area contributed by atoms with Gasteiger partial charge in [-0.2, -0.15) is 12.6 Å². The summed E-state index contributed by atoms with van der Waals surface area (Å²) in [4.78, 5) is 0.980. The molecule has 0 atom stereocenters. The minimum atomic E-state index is -3.01. The fraction of sp³-hybridized carbons (Fsp3) is 0.500. The van der Waals surface area contributed by atoms with Gasteiger partial charge in [0.25, 0.3) is 0 Å². The SMILES string of the molecule is CC.CS(=O)(=O)c1ccc(CS)s1. The molecule has 1 rings (SSSR count). The first-order valence-corrected chi connectivity index (χ1v) is 7.27. The molecule has 2 nitrogen and oxygen atoms in total. The van der Waals surface area contributed by atoms with E-state index in [1.807, 2.05) is 13.8 Å². The predicted octanol–water partition coefficient (Wildman–Crippen LogP) is 2.61. The van der Waals surface area contributed by atoms with Gasteiger partial charge in [-0.25, -0.2) is 8.42 Å². The third kappa shape index (κ3) is 4.15. The number of rotatable bonds is 2. The molecule has 0 aliphatic rings. The van der Waals surface area contributed by atoms with E-state index in [0.29, 0.717) is 9.96 Å². The molecule has 0 saturated heterocycles. The van der Waals surface area contributed by atoms with Crippen molar-refractivity contribution in [3.05, 3.63) is 17.0 Å². The fourth-order valence-corrected chi connectivity index (χ4v) is 2.78. The van der Waals surface area contributed by atoms with E-state index in [4.69, 9.17) is 0 Å². The van der Waals surface area contributed by atoms with Crippen LogP contribution in [0.25, 0.3) is 0 Å². The van der Waals surface area contributed by atoms with E-state index in [9.17, 15) is 8.42 Å². The van der Waals surface area contributed by atoms with Crippen LogP contribution in [0.5, 0.6) is 0 Å². The standard InChI is InChI=1S/C6H8O2S3.C2H6/c1-11(7,8)6-3-2-5(4-9)10-6;1-2/h2-3,9H,4H2,1H3;1-2H3. The molecule has 0 unspecified atom stereocenters. The van der Waals surface area contributed by atoms with Gasteiger partial charge in [0.2, 0.25) is 0 Å². The summed E-state index contributed by atoms with van der Waals surface area (Å²) in [5, 5.41) is 0. The lowest BCUT2D eigenvalue weighted by atomic mass is 10.5. The van der Waals surface area contributed by atoms with Gasteiger partial charge in [-0.1, -0.05) is 13.8 Å². The summed E-state index contributed by atoms with van der Waals surface area (Å²) < 4.78 is 22.3. The second-order valence-corrected chi connectivity index (χ2v) is 5.88. The maximum atomic E-state index is 10.9. The van der Waals surface area contributed by atoms with Crippen LogP contribution in [0.2, 0.25) is 0 Å². The van der Waals surface area contributed by atoms with Gasteiger partial charge in [0.1, 0.15) is 4.21 Å².